The molecule has 0 N–H and O–H groups in total. The maximum atomic E-state index is 12.9. The topological polar surface area (TPSA) is 48.0 Å². The van der Waals surface area contributed by atoms with Crippen molar-refractivity contribution in [3.63, 3.8) is 0 Å². The van der Waals surface area contributed by atoms with Crippen LogP contribution in [0.15, 0.2) is 36.4 Å². The zero-order valence-electron chi connectivity index (χ0n) is 16.2. The Balaban J connectivity index is 1.53. The van der Waals surface area contributed by atoms with Crippen LogP contribution in [0.25, 0.3) is 0 Å². The van der Waals surface area contributed by atoms with Gasteiger partial charge in [0, 0.05) is 0 Å². The Labute approximate surface area is 165 Å². The van der Waals surface area contributed by atoms with Gasteiger partial charge in [-0.1, -0.05) is 18.6 Å². The number of ketones is 1. The van der Waals surface area contributed by atoms with Crippen LogP contribution in [0, 0.1) is 0 Å². The molecular formula is C23H25NO4. The molecule has 1 fully saturated rings. The summed E-state index contributed by atoms with van der Waals surface area (Å²) in [6, 6.07) is 11.7. The SMILES string of the molecule is COc1ccccc1N1COc2ccc3c(c2C1)OC1(CCCCC1)CC3=O. The number of rotatable bonds is 2. The Morgan fingerprint density at radius 3 is 2.71 bits per heavy atom. The lowest BCUT2D eigenvalue weighted by molar-refractivity contribution is 0.0123. The molecule has 5 heteroatoms. The zero-order valence-corrected chi connectivity index (χ0v) is 16.2. The predicted octanol–water partition coefficient (Wildman–Crippen LogP) is 4.72. The van der Waals surface area contributed by atoms with Gasteiger partial charge in [-0.15, -0.1) is 0 Å². The number of Topliss-reactive ketones (excluding diaryl/α,β-unsaturated/α-hetero) is 1. The molecule has 2 aliphatic heterocycles. The fourth-order valence-electron chi connectivity index (χ4n) is 4.78. The summed E-state index contributed by atoms with van der Waals surface area (Å²) in [4.78, 5) is 15.1. The summed E-state index contributed by atoms with van der Waals surface area (Å²) >= 11 is 0. The normalized spacial score (nSPS) is 20.0. The highest BCUT2D eigenvalue weighted by Crippen LogP contribution is 2.47. The van der Waals surface area contributed by atoms with Crippen LogP contribution in [-0.2, 0) is 6.54 Å². The molecule has 28 heavy (non-hydrogen) atoms. The van der Waals surface area contributed by atoms with Crippen LogP contribution in [0.4, 0.5) is 5.69 Å². The van der Waals surface area contributed by atoms with Crippen LogP contribution in [0.1, 0.15) is 54.4 Å². The van der Waals surface area contributed by atoms with Crippen LogP contribution in [0.2, 0.25) is 0 Å². The van der Waals surface area contributed by atoms with E-state index >= 15 is 0 Å². The Morgan fingerprint density at radius 1 is 1.07 bits per heavy atom. The minimum atomic E-state index is -0.329. The molecule has 0 radical (unpaired) electrons. The summed E-state index contributed by atoms with van der Waals surface area (Å²) in [5.41, 5.74) is 2.31. The molecule has 0 unspecified atom stereocenters. The van der Waals surface area contributed by atoms with Crippen molar-refractivity contribution in [2.45, 2.75) is 50.7 Å². The van der Waals surface area contributed by atoms with E-state index in [0.29, 0.717) is 25.3 Å². The smallest absolute Gasteiger partial charge is 0.170 e. The summed E-state index contributed by atoms with van der Waals surface area (Å²) < 4.78 is 18.2. The van der Waals surface area contributed by atoms with Crippen molar-refractivity contribution in [2.24, 2.45) is 0 Å². The first kappa shape index (κ1) is 17.4. The quantitative estimate of drug-likeness (QED) is 0.756. The number of benzene rings is 2. The first-order chi connectivity index (χ1) is 13.7. The van der Waals surface area contributed by atoms with Gasteiger partial charge >= 0.3 is 0 Å². The van der Waals surface area contributed by atoms with Crippen molar-refractivity contribution < 1.29 is 19.0 Å². The van der Waals surface area contributed by atoms with E-state index in [9.17, 15) is 4.79 Å². The monoisotopic (exact) mass is 379 g/mol. The number of hydrogen-bond acceptors (Lipinski definition) is 5. The molecule has 0 saturated heterocycles. The molecule has 1 spiro atoms. The van der Waals surface area contributed by atoms with Crippen LogP contribution in [0.5, 0.6) is 17.2 Å². The minimum Gasteiger partial charge on any atom is -0.495 e. The molecule has 1 aliphatic carbocycles. The molecule has 0 aromatic heterocycles. The van der Waals surface area contributed by atoms with Gasteiger partial charge in [-0.25, -0.2) is 0 Å². The van der Waals surface area contributed by atoms with E-state index in [4.69, 9.17) is 14.2 Å². The highest BCUT2D eigenvalue weighted by Gasteiger charge is 2.43. The van der Waals surface area contributed by atoms with Gasteiger partial charge in [0.15, 0.2) is 12.5 Å². The molecule has 2 aromatic rings. The average molecular weight is 379 g/mol. The number of anilines is 1. The lowest BCUT2D eigenvalue weighted by atomic mass is 9.78. The van der Waals surface area contributed by atoms with Gasteiger partial charge in [0.2, 0.25) is 0 Å². The van der Waals surface area contributed by atoms with Crippen molar-refractivity contribution in [3.05, 3.63) is 47.5 Å². The highest BCUT2D eigenvalue weighted by atomic mass is 16.5. The van der Waals surface area contributed by atoms with Gasteiger partial charge in [-0.3, -0.25) is 4.79 Å². The third-order valence-corrected chi connectivity index (χ3v) is 6.23. The van der Waals surface area contributed by atoms with Crippen molar-refractivity contribution in [2.75, 3.05) is 18.7 Å². The van der Waals surface area contributed by atoms with Crippen molar-refractivity contribution >= 4 is 11.5 Å². The molecule has 2 aromatic carbocycles. The van der Waals surface area contributed by atoms with Crippen molar-refractivity contribution in [1.82, 2.24) is 0 Å². The highest BCUT2D eigenvalue weighted by molar-refractivity contribution is 6.01. The van der Waals surface area contributed by atoms with Gasteiger partial charge in [0.05, 0.1) is 36.9 Å². The van der Waals surface area contributed by atoms with E-state index in [1.54, 1.807) is 7.11 Å². The average Bonchev–Trinajstić information content (AvgIpc) is 2.74. The second kappa shape index (κ2) is 6.73. The van der Waals surface area contributed by atoms with E-state index in [1.807, 2.05) is 36.4 Å². The second-order valence-electron chi connectivity index (χ2n) is 8.01. The van der Waals surface area contributed by atoms with Gasteiger partial charge in [-0.2, -0.15) is 0 Å². The number of carbonyl (C=O) groups excluding carboxylic acids is 1. The number of hydrogen-bond donors (Lipinski definition) is 0. The van der Waals surface area contributed by atoms with Crippen LogP contribution >= 0.6 is 0 Å². The molecule has 0 atom stereocenters. The van der Waals surface area contributed by atoms with E-state index in [2.05, 4.69) is 4.90 Å². The maximum Gasteiger partial charge on any atom is 0.170 e. The molecule has 1 saturated carbocycles. The summed E-state index contributed by atoms with van der Waals surface area (Å²) in [6.45, 7) is 1.06. The van der Waals surface area contributed by atoms with E-state index in [0.717, 1.165) is 54.2 Å². The molecule has 0 bridgehead atoms. The molecular weight excluding hydrogens is 354 g/mol. The van der Waals surface area contributed by atoms with E-state index < -0.39 is 0 Å². The number of ether oxygens (including phenoxy) is 3. The Morgan fingerprint density at radius 2 is 1.89 bits per heavy atom. The molecule has 146 valence electrons. The van der Waals surface area contributed by atoms with E-state index in [-0.39, 0.29) is 11.4 Å². The predicted molar refractivity (Wildman–Crippen MR) is 107 cm³/mol. The number of carbonyl (C=O) groups is 1. The Kier molecular flexibility index (Phi) is 4.18. The summed E-state index contributed by atoms with van der Waals surface area (Å²) in [5, 5.41) is 0. The summed E-state index contributed by atoms with van der Waals surface area (Å²) in [7, 11) is 1.67. The van der Waals surface area contributed by atoms with Gasteiger partial charge in [0.25, 0.3) is 0 Å². The van der Waals surface area contributed by atoms with Crippen molar-refractivity contribution in [3.8, 4) is 17.2 Å². The molecule has 5 rings (SSSR count). The van der Waals surface area contributed by atoms with Crippen molar-refractivity contribution in [1.29, 1.82) is 0 Å². The van der Waals surface area contributed by atoms with Crippen LogP contribution < -0.4 is 19.1 Å². The fraction of sp³-hybridized carbons (Fsp3) is 0.435. The summed E-state index contributed by atoms with van der Waals surface area (Å²) in [6.07, 6.45) is 5.89. The standard InChI is InChI=1S/C23H25NO4/c1-26-21-8-4-3-7-18(21)24-14-17-20(27-15-24)10-9-16-19(25)13-23(28-22(16)17)11-5-2-6-12-23/h3-4,7-10H,2,5-6,11-15H2,1H3. The number of para-hydroxylation sites is 2. The van der Waals surface area contributed by atoms with Gasteiger partial charge < -0.3 is 19.1 Å². The van der Waals surface area contributed by atoms with Gasteiger partial charge in [-0.05, 0) is 49.9 Å². The molecule has 5 nitrogen and oxygen atoms in total. The lowest BCUT2D eigenvalue weighted by Gasteiger charge is -2.42. The van der Waals surface area contributed by atoms with Crippen LogP contribution in [0.3, 0.4) is 0 Å². The molecule has 2 heterocycles. The van der Waals surface area contributed by atoms with Gasteiger partial charge in [0.1, 0.15) is 22.8 Å². The fourth-order valence-corrected chi connectivity index (χ4v) is 4.78. The first-order valence-electron chi connectivity index (χ1n) is 10.1. The first-order valence-corrected chi connectivity index (χ1v) is 10.1. The largest absolute Gasteiger partial charge is 0.495 e. The maximum absolute atomic E-state index is 12.9. The molecule has 0 amide bonds. The summed E-state index contributed by atoms with van der Waals surface area (Å²) in [5.74, 6) is 2.54. The second-order valence-corrected chi connectivity index (χ2v) is 8.01. The zero-order chi connectivity index (χ0) is 19.1. The minimum absolute atomic E-state index is 0.195. The Bertz CT molecular complexity index is 917. The third-order valence-electron chi connectivity index (χ3n) is 6.23. The Hall–Kier alpha value is -2.69. The lowest BCUT2D eigenvalue weighted by Crippen LogP contribution is -2.44. The number of nitrogens with zero attached hydrogens (tertiary/aromatic N) is 1. The third kappa shape index (κ3) is 2.81. The number of methoxy groups -OCH3 is 1. The van der Waals surface area contributed by atoms with Crippen LogP contribution in [-0.4, -0.2) is 25.2 Å². The number of fused-ring (bicyclic) bond motifs is 3. The van der Waals surface area contributed by atoms with E-state index in [1.165, 1.54) is 6.42 Å². The molecule has 3 aliphatic rings.